The molecule has 2 heterocycles. The van der Waals surface area contributed by atoms with Crippen LogP contribution in [0.2, 0.25) is 0 Å². The molecule has 3 aromatic rings. The van der Waals surface area contributed by atoms with Crippen LogP contribution in [0.15, 0.2) is 52.4 Å². The molecule has 5 amide bonds. The van der Waals surface area contributed by atoms with E-state index < -0.39 is 157 Å². The number of carbonyl (C=O) groups is 11. The normalized spacial score (nSPS) is 16.5. The van der Waals surface area contributed by atoms with Gasteiger partial charge in [-0.2, -0.15) is 0 Å². The topological polar surface area (TPSA) is 510 Å². The number of aromatic nitrogens is 2. The van der Waals surface area contributed by atoms with Crippen molar-refractivity contribution in [1.29, 1.82) is 0 Å². The van der Waals surface area contributed by atoms with Crippen LogP contribution in [0.3, 0.4) is 0 Å². The predicted octanol–water partition coefficient (Wildman–Crippen LogP) is -6.62. The highest BCUT2D eigenvalue weighted by molar-refractivity contribution is 5.97. The first kappa shape index (κ1) is 68.5. The number of imidazole rings is 1. The van der Waals surface area contributed by atoms with Crippen LogP contribution in [0.5, 0.6) is 0 Å². The molecule has 0 radical (unpaired) electrons. The van der Waals surface area contributed by atoms with E-state index in [-0.39, 0.29) is 103 Å². The number of hydrogen-bond donors (Lipinski definition) is 16. The van der Waals surface area contributed by atoms with E-state index in [2.05, 4.69) is 47.2 Å². The number of amides is 5. The van der Waals surface area contributed by atoms with Crippen LogP contribution in [0.1, 0.15) is 37.4 Å². The van der Waals surface area contributed by atoms with E-state index in [9.17, 15) is 103 Å². The van der Waals surface area contributed by atoms with Crippen molar-refractivity contribution >= 4 is 76.7 Å². The second-order valence-corrected chi connectivity index (χ2v) is 19.8. The highest BCUT2D eigenvalue weighted by Crippen LogP contribution is 2.19. The largest absolute Gasteiger partial charge is 0.481 e. The van der Waals surface area contributed by atoms with Crippen LogP contribution < -0.4 is 48.1 Å². The monoisotopic (exact) mass is 1200 g/mol. The van der Waals surface area contributed by atoms with Gasteiger partial charge in [0.05, 0.1) is 51.3 Å². The first-order valence-corrected chi connectivity index (χ1v) is 26.6. The van der Waals surface area contributed by atoms with E-state index in [0.29, 0.717) is 5.56 Å². The van der Waals surface area contributed by atoms with Gasteiger partial charge in [0.15, 0.2) is 0 Å². The zero-order valence-corrected chi connectivity index (χ0v) is 46.1. The molecule has 34 heteroatoms. The highest BCUT2D eigenvalue weighted by Gasteiger charge is 2.35. The number of carbonyl (C=O) groups excluding carboxylic acids is 5. The predicted molar refractivity (Wildman–Crippen MR) is 294 cm³/mol. The van der Waals surface area contributed by atoms with E-state index in [1.165, 1.54) is 27.2 Å². The van der Waals surface area contributed by atoms with E-state index in [1.54, 1.807) is 35.2 Å². The Hall–Kier alpha value is -8.96. The minimum atomic E-state index is -1.83. The fourth-order valence-electron chi connectivity index (χ4n) is 8.89. The van der Waals surface area contributed by atoms with Gasteiger partial charge >= 0.3 is 35.8 Å². The molecule has 1 aromatic heterocycles. The maximum atomic E-state index is 13.8. The third-order valence-corrected chi connectivity index (χ3v) is 13.4. The number of aliphatic hydroxyl groups is 2. The molecule has 1 unspecified atom stereocenters. The van der Waals surface area contributed by atoms with Gasteiger partial charge in [0.2, 0.25) is 29.5 Å². The lowest BCUT2D eigenvalue weighted by Crippen LogP contribution is -2.60. The van der Waals surface area contributed by atoms with Crippen LogP contribution >= 0.6 is 0 Å². The molecule has 466 valence electrons. The Balaban J connectivity index is 1.44. The van der Waals surface area contributed by atoms with Crippen molar-refractivity contribution in [3.8, 4) is 0 Å². The van der Waals surface area contributed by atoms with Crippen LogP contribution in [-0.4, -0.2) is 270 Å². The molecular formula is C51H71N13O21. The fourth-order valence-corrected chi connectivity index (χ4v) is 8.89. The minimum Gasteiger partial charge on any atom is -0.481 e. The molecule has 2 aromatic carbocycles. The Kier molecular flexibility index (Phi) is 27.4. The van der Waals surface area contributed by atoms with Crippen LogP contribution in [0.4, 0.5) is 11.4 Å². The summed E-state index contributed by atoms with van der Waals surface area (Å²) in [7, 11) is 0. The van der Waals surface area contributed by atoms with Gasteiger partial charge in [-0.15, -0.1) is 0 Å². The van der Waals surface area contributed by atoms with Gasteiger partial charge in [0.25, 0.3) is 10.9 Å². The molecule has 34 nitrogen and oxygen atoms in total. The third kappa shape index (κ3) is 22.6. The summed E-state index contributed by atoms with van der Waals surface area (Å²) in [4.78, 5) is 178. The Morgan fingerprint density at radius 1 is 0.553 bits per heavy atom. The second-order valence-electron chi connectivity index (χ2n) is 19.8. The summed E-state index contributed by atoms with van der Waals surface area (Å²) in [6, 6.07) is -3.21. The fraction of sp³-hybridized carbons (Fsp3) is 0.529. The summed E-state index contributed by atoms with van der Waals surface area (Å²) in [5.74, 6) is -13.5. The van der Waals surface area contributed by atoms with E-state index in [1.807, 2.05) is 0 Å². The molecule has 1 saturated heterocycles. The van der Waals surface area contributed by atoms with Crippen molar-refractivity contribution in [2.45, 2.75) is 81.3 Å². The number of benzene rings is 1. The highest BCUT2D eigenvalue weighted by atomic mass is 16.4. The summed E-state index contributed by atoms with van der Waals surface area (Å²) in [6.07, 6.45) is 0.900. The van der Waals surface area contributed by atoms with Crippen molar-refractivity contribution in [2.75, 3.05) is 102 Å². The number of hydrogen-bond acceptors (Lipinski definition) is 22. The molecule has 4 rings (SSSR count). The smallest absolute Gasteiger partial charge is 0.328 e. The summed E-state index contributed by atoms with van der Waals surface area (Å²) in [6.45, 7) is -1.97. The van der Waals surface area contributed by atoms with Gasteiger partial charge in [0.1, 0.15) is 53.7 Å². The summed E-state index contributed by atoms with van der Waals surface area (Å²) >= 11 is 0. The molecule has 85 heavy (non-hydrogen) atoms. The SMILES string of the molecule is C[C@H](NC(=O)[C@H](CC(=O)O)Nc1c(NCCCC(C(=O)O)N2CCN(CC(=O)O)CCN(CC(=O)O)CCN(CC(=O)O)CC2)c(=O)c1=O)C(=O)N[C@@H](Cc1c[nH]cn1)C(=O)N[C@@H](CO)C(=O)N[C@@H](Cc1ccccc1)C(=O)N[C@@H](CO)C(=O)O. The molecule has 16 N–H and O–H groups in total. The van der Waals surface area contributed by atoms with Gasteiger partial charge in [-0.1, -0.05) is 30.3 Å². The molecule has 0 bridgehead atoms. The van der Waals surface area contributed by atoms with Crippen molar-refractivity contribution in [3.05, 3.63) is 74.6 Å². The number of nitrogens with zero attached hydrogens (tertiary/aromatic N) is 5. The van der Waals surface area contributed by atoms with E-state index in [0.717, 1.165) is 6.92 Å². The van der Waals surface area contributed by atoms with Crippen molar-refractivity contribution in [3.63, 3.8) is 0 Å². The van der Waals surface area contributed by atoms with E-state index >= 15 is 0 Å². The maximum absolute atomic E-state index is 13.8. The Morgan fingerprint density at radius 3 is 1.51 bits per heavy atom. The number of anilines is 2. The number of H-pyrrole nitrogens is 1. The number of aliphatic hydroxyl groups excluding tert-OH is 2. The number of aromatic amines is 1. The van der Waals surface area contributed by atoms with E-state index in [4.69, 9.17) is 0 Å². The lowest BCUT2D eigenvalue weighted by atomic mass is 10.0. The maximum Gasteiger partial charge on any atom is 0.328 e. The first-order valence-electron chi connectivity index (χ1n) is 26.6. The van der Waals surface area contributed by atoms with Crippen molar-refractivity contribution in [2.24, 2.45) is 0 Å². The van der Waals surface area contributed by atoms with Crippen LogP contribution in [-0.2, 0) is 65.6 Å². The second kappa shape index (κ2) is 34.0. The minimum absolute atomic E-state index is 0.00281. The summed E-state index contributed by atoms with van der Waals surface area (Å²) < 4.78 is 0. The van der Waals surface area contributed by atoms with Crippen LogP contribution in [0.25, 0.3) is 0 Å². The van der Waals surface area contributed by atoms with Gasteiger partial charge in [0, 0.05) is 77.9 Å². The van der Waals surface area contributed by atoms with Gasteiger partial charge in [-0.3, -0.25) is 77.1 Å². The number of carboxylic acid groups (broad SMARTS) is 6. The molecule has 0 aliphatic carbocycles. The number of aliphatic carboxylic acids is 6. The molecule has 7 atom stereocenters. The number of nitrogens with one attached hydrogen (secondary N) is 8. The average Bonchev–Trinajstić information content (AvgIpc) is 1.95. The van der Waals surface area contributed by atoms with Gasteiger partial charge in [-0.05, 0) is 25.3 Å². The molecule has 0 saturated carbocycles. The van der Waals surface area contributed by atoms with Crippen molar-refractivity contribution < 1.29 is 93.6 Å². The number of rotatable bonds is 34. The zero-order valence-electron chi connectivity index (χ0n) is 46.1. The van der Waals surface area contributed by atoms with Crippen LogP contribution in [0, 0.1) is 0 Å². The standard InChI is InChI=1S/C51H71N13O21/c1-28(45(77)57-32(19-30-21-52-27-54-30)48(80)59-34(25-65)49(81)58-31(18-29-6-3-2-4-7-29)47(79)60-35(26-66)50(82)83)55-46(78)33(20-37(67)68)56-42-41(43(75)44(42)76)53-9-5-8-36(51(84)85)64-16-14-62(23-39(71)72)12-10-61(22-38(69)70)11-13-63(15-17-64)24-40(73)74/h2-4,6-7,21,27-28,31-36,53,56,65-66H,5,8-20,22-26H2,1H3,(H,52,54)(H,55,78)(H,57,77)(H,58,81)(H,59,80)(H,60,79)(H,67,68)(H,69,70)(H,71,72)(H,73,74)(H,82,83)(H,84,85)/t28-,31-,32-,33-,34-,35-,36?/m0/s1. The lowest BCUT2D eigenvalue weighted by molar-refractivity contribution is -0.145. The van der Waals surface area contributed by atoms with Crippen molar-refractivity contribution in [1.82, 2.24) is 56.2 Å². The summed E-state index contributed by atoms with van der Waals surface area (Å²) in [5.41, 5.74) is -2.43. The third-order valence-electron chi connectivity index (χ3n) is 13.4. The van der Waals surface area contributed by atoms with Gasteiger partial charge in [-0.25, -0.2) is 9.78 Å². The Labute approximate surface area is 483 Å². The van der Waals surface area contributed by atoms with Gasteiger partial charge < -0.3 is 83.1 Å². The average molecular weight is 1200 g/mol. The molecule has 1 fully saturated rings. The lowest BCUT2D eigenvalue weighted by Gasteiger charge is -2.35. The zero-order chi connectivity index (χ0) is 62.9. The first-order chi connectivity index (χ1) is 40.3. The summed E-state index contributed by atoms with van der Waals surface area (Å²) in [5, 5.41) is 94.4. The molecular weight excluding hydrogens is 1130 g/mol. The Morgan fingerprint density at radius 2 is 1.02 bits per heavy atom. The number of carboxylic acids is 6. The molecule has 1 aliphatic heterocycles. The molecule has 0 spiro atoms. The molecule has 1 aliphatic rings. The quantitative estimate of drug-likeness (QED) is 0.0195. The Bertz CT molecular complexity index is 2840.